The molecule has 0 aromatic heterocycles. The lowest BCUT2D eigenvalue weighted by atomic mass is 10.2. The van der Waals surface area contributed by atoms with Gasteiger partial charge in [0.15, 0.2) is 0 Å². The summed E-state index contributed by atoms with van der Waals surface area (Å²) in [5.74, 6) is 1.04. The van der Waals surface area contributed by atoms with Crippen LogP contribution in [0.4, 0.5) is 0 Å². The average molecular weight is 268 g/mol. The van der Waals surface area contributed by atoms with Crippen LogP contribution in [0.1, 0.15) is 46.1 Å². The Kier molecular flexibility index (Phi) is 5.30. The van der Waals surface area contributed by atoms with Gasteiger partial charge in [-0.25, -0.2) is 0 Å². The summed E-state index contributed by atoms with van der Waals surface area (Å²) >= 11 is 0. The van der Waals surface area contributed by atoms with E-state index in [1.165, 1.54) is 10.5 Å². The Labute approximate surface area is 114 Å². The largest absolute Gasteiger partial charge is 0.381 e. The highest BCUT2D eigenvalue weighted by atomic mass is 32.3. The molecule has 1 rings (SSSR count). The lowest BCUT2D eigenvalue weighted by molar-refractivity contribution is 0.123. The Morgan fingerprint density at radius 3 is 1.83 bits per heavy atom. The van der Waals surface area contributed by atoms with E-state index in [0.717, 1.165) is 25.0 Å². The molecule has 18 heavy (non-hydrogen) atoms. The minimum Gasteiger partial charge on any atom is -0.381 e. The number of aliphatic hydroxyl groups is 1. The van der Waals surface area contributed by atoms with Gasteiger partial charge in [0, 0.05) is 0 Å². The first-order valence-electron chi connectivity index (χ1n) is 7.04. The third kappa shape index (κ3) is 2.60. The first-order valence-corrected chi connectivity index (χ1v) is 9.25. The van der Waals surface area contributed by atoms with Gasteiger partial charge in [0.25, 0.3) is 0 Å². The molecule has 0 aliphatic rings. The van der Waals surface area contributed by atoms with Gasteiger partial charge in [0.2, 0.25) is 0 Å². The van der Waals surface area contributed by atoms with Gasteiger partial charge in [0.1, 0.15) is 0 Å². The van der Waals surface area contributed by atoms with E-state index < -0.39 is 15.0 Å². The standard InChI is InChI=1S/C16H28OS/c1-6-14-10-12-15(13-11-14)18(5,9-4)16(17,7-2)8-3/h10-13,17H,6-9H2,1-5H3. The molecule has 104 valence electrons. The van der Waals surface area contributed by atoms with Crippen molar-refractivity contribution in [2.24, 2.45) is 0 Å². The van der Waals surface area contributed by atoms with Gasteiger partial charge in [0.05, 0.1) is 4.93 Å². The van der Waals surface area contributed by atoms with Crippen molar-refractivity contribution >= 4 is 10.0 Å². The highest BCUT2D eigenvalue weighted by Gasteiger charge is 2.39. The lowest BCUT2D eigenvalue weighted by Crippen LogP contribution is -2.35. The summed E-state index contributed by atoms with van der Waals surface area (Å²) in [4.78, 5) is 0.809. The highest BCUT2D eigenvalue weighted by Crippen LogP contribution is 2.63. The molecule has 0 saturated carbocycles. The maximum atomic E-state index is 11.0. The first kappa shape index (κ1) is 15.6. The smallest absolute Gasteiger partial charge is 0.0980 e. The molecule has 0 radical (unpaired) electrons. The van der Waals surface area contributed by atoms with Gasteiger partial charge < -0.3 is 5.11 Å². The summed E-state index contributed by atoms with van der Waals surface area (Å²) in [6.07, 6.45) is 5.02. The van der Waals surface area contributed by atoms with Crippen LogP contribution in [0.15, 0.2) is 29.2 Å². The molecule has 1 atom stereocenters. The van der Waals surface area contributed by atoms with Crippen molar-refractivity contribution in [3.63, 3.8) is 0 Å². The zero-order valence-electron chi connectivity index (χ0n) is 12.5. The molecule has 0 fully saturated rings. The fourth-order valence-corrected chi connectivity index (χ4v) is 5.89. The predicted molar refractivity (Wildman–Crippen MR) is 83.7 cm³/mol. The third-order valence-corrected chi connectivity index (χ3v) is 9.09. The molecule has 0 spiro atoms. The summed E-state index contributed by atoms with van der Waals surface area (Å²) in [5.41, 5.74) is 1.37. The quantitative estimate of drug-likeness (QED) is 0.801. The Morgan fingerprint density at radius 2 is 1.50 bits per heavy atom. The van der Waals surface area contributed by atoms with Crippen molar-refractivity contribution in [3.8, 4) is 0 Å². The van der Waals surface area contributed by atoms with Crippen molar-refractivity contribution < 1.29 is 5.11 Å². The monoisotopic (exact) mass is 268 g/mol. The van der Waals surface area contributed by atoms with E-state index >= 15 is 0 Å². The zero-order chi connectivity index (χ0) is 13.8. The van der Waals surface area contributed by atoms with Crippen LogP contribution in [0.2, 0.25) is 0 Å². The normalized spacial score (nSPS) is 17.2. The number of hydrogen-bond acceptors (Lipinski definition) is 1. The van der Waals surface area contributed by atoms with Gasteiger partial charge in [-0.15, -0.1) is 0 Å². The molecule has 0 heterocycles. The highest BCUT2D eigenvalue weighted by molar-refractivity contribution is 8.34. The van der Waals surface area contributed by atoms with E-state index in [-0.39, 0.29) is 0 Å². The molecule has 2 heteroatoms. The van der Waals surface area contributed by atoms with Crippen LogP contribution < -0.4 is 0 Å². The Balaban J connectivity index is 3.21. The lowest BCUT2D eigenvalue weighted by Gasteiger charge is -2.49. The molecular formula is C16H28OS. The second-order valence-corrected chi connectivity index (χ2v) is 9.01. The molecule has 0 saturated heterocycles. The van der Waals surface area contributed by atoms with Crippen LogP contribution in [0.5, 0.6) is 0 Å². The van der Waals surface area contributed by atoms with Gasteiger partial charge >= 0.3 is 0 Å². The van der Waals surface area contributed by atoms with E-state index in [0.29, 0.717) is 0 Å². The molecule has 0 bridgehead atoms. The fraction of sp³-hybridized carbons (Fsp3) is 0.625. The van der Waals surface area contributed by atoms with E-state index in [9.17, 15) is 5.11 Å². The van der Waals surface area contributed by atoms with Crippen molar-refractivity contribution in [1.29, 1.82) is 0 Å². The molecule has 0 amide bonds. The van der Waals surface area contributed by atoms with Crippen molar-refractivity contribution in [1.82, 2.24) is 0 Å². The van der Waals surface area contributed by atoms with Crippen LogP contribution in [-0.4, -0.2) is 22.0 Å². The Hall–Kier alpha value is -0.470. The predicted octanol–water partition coefficient (Wildman–Crippen LogP) is 4.57. The Morgan fingerprint density at radius 1 is 1.00 bits per heavy atom. The second kappa shape index (κ2) is 6.12. The number of rotatable bonds is 6. The van der Waals surface area contributed by atoms with Crippen LogP contribution in [0.3, 0.4) is 0 Å². The molecule has 1 nitrogen and oxygen atoms in total. The summed E-state index contributed by atoms with van der Waals surface area (Å²) in [6, 6.07) is 8.88. The SMILES string of the molecule is CCc1ccc(S(C)(CC)C(O)(CC)CC)cc1. The van der Waals surface area contributed by atoms with E-state index in [2.05, 4.69) is 58.2 Å². The minimum atomic E-state index is -1.17. The summed E-state index contributed by atoms with van der Waals surface area (Å²) in [6.45, 7) is 8.59. The maximum absolute atomic E-state index is 11.0. The fourth-order valence-electron chi connectivity index (χ4n) is 2.57. The van der Waals surface area contributed by atoms with Gasteiger partial charge in [-0.3, -0.25) is 0 Å². The summed E-state index contributed by atoms with van der Waals surface area (Å²) < 4.78 is 0. The van der Waals surface area contributed by atoms with Crippen molar-refractivity contribution in [2.75, 3.05) is 12.0 Å². The average Bonchev–Trinajstić information content (AvgIpc) is 2.45. The van der Waals surface area contributed by atoms with Crippen LogP contribution in [0.25, 0.3) is 0 Å². The molecule has 1 unspecified atom stereocenters. The van der Waals surface area contributed by atoms with E-state index in [1.807, 2.05) is 0 Å². The number of aryl methyl sites for hydroxylation is 1. The molecule has 1 aromatic rings. The van der Waals surface area contributed by atoms with Crippen LogP contribution in [0, 0.1) is 0 Å². The number of benzene rings is 1. The molecule has 1 aromatic carbocycles. The van der Waals surface area contributed by atoms with Gasteiger partial charge in [-0.1, -0.05) is 39.8 Å². The van der Waals surface area contributed by atoms with Gasteiger partial charge in [-0.05, 0) is 53.9 Å². The summed E-state index contributed by atoms with van der Waals surface area (Å²) in [7, 11) is -1.17. The molecular weight excluding hydrogens is 240 g/mol. The Bertz CT molecular complexity index is 367. The molecule has 0 aliphatic heterocycles. The van der Waals surface area contributed by atoms with Crippen molar-refractivity contribution in [3.05, 3.63) is 29.8 Å². The van der Waals surface area contributed by atoms with Crippen LogP contribution in [-0.2, 0) is 6.42 Å². The number of hydrogen-bond donors (Lipinski definition) is 1. The van der Waals surface area contributed by atoms with E-state index in [1.54, 1.807) is 0 Å². The summed E-state index contributed by atoms with van der Waals surface area (Å²) in [5, 5.41) is 11.0. The third-order valence-electron chi connectivity index (χ3n) is 4.37. The maximum Gasteiger partial charge on any atom is 0.0980 e. The minimum absolute atomic E-state index is 0.532. The molecule has 1 N–H and O–H groups in total. The second-order valence-electron chi connectivity index (χ2n) is 5.03. The van der Waals surface area contributed by atoms with Crippen LogP contribution >= 0.6 is 10.0 Å². The first-order chi connectivity index (χ1) is 8.47. The van der Waals surface area contributed by atoms with E-state index in [4.69, 9.17) is 0 Å². The zero-order valence-corrected chi connectivity index (χ0v) is 13.3. The van der Waals surface area contributed by atoms with Gasteiger partial charge in [-0.2, -0.15) is 10.0 Å². The molecule has 0 aliphatic carbocycles. The topological polar surface area (TPSA) is 20.2 Å². The van der Waals surface area contributed by atoms with Crippen molar-refractivity contribution in [2.45, 2.75) is 56.8 Å².